The van der Waals surface area contributed by atoms with Crippen molar-refractivity contribution in [2.24, 2.45) is 0 Å². The number of rotatable bonds is 8. The summed E-state index contributed by atoms with van der Waals surface area (Å²) in [5.74, 6) is 0.289. The summed E-state index contributed by atoms with van der Waals surface area (Å²) in [5.41, 5.74) is 2.53. The molecule has 1 aliphatic rings. The standard InChI is InChI=1S/C24H22N4O3S3/c1-3-11-28-21(16-12-32-17-9-5-4-7-14(16)17)26-27-24(28)33-13-19(29)25-22-20(23(30)31-2)15-8-6-10-18(15)34-22/h3-5,7,9,12H,1,6,8,10-11,13H2,2H3,(H,25,29). The Morgan fingerprint density at radius 1 is 1.29 bits per heavy atom. The zero-order chi connectivity index (χ0) is 23.7. The smallest absolute Gasteiger partial charge is 0.341 e. The number of hydrogen-bond donors (Lipinski definition) is 1. The first-order valence-corrected chi connectivity index (χ1v) is 13.4. The van der Waals surface area contributed by atoms with Crippen LogP contribution in [-0.4, -0.2) is 39.5 Å². The predicted octanol–water partition coefficient (Wildman–Crippen LogP) is 5.41. The lowest BCUT2D eigenvalue weighted by Gasteiger charge is -2.08. The van der Waals surface area contributed by atoms with Crippen LogP contribution in [0.25, 0.3) is 21.5 Å². The minimum atomic E-state index is -0.402. The number of aryl methyl sites for hydroxylation is 1. The molecule has 0 spiro atoms. The van der Waals surface area contributed by atoms with Gasteiger partial charge in [-0.05, 0) is 30.9 Å². The average molecular weight is 511 g/mol. The molecule has 1 N–H and O–H groups in total. The third-order valence-corrected chi connectivity index (χ3v) is 8.78. The number of anilines is 1. The van der Waals surface area contributed by atoms with Crippen LogP contribution in [0.4, 0.5) is 5.00 Å². The van der Waals surface area contributed by atoms with Crippen molar-refractivity contribution < 1.29 is 14.3 Å². The van der Waals surface area contributed by atoms with Crippen LogP contribution in [0.15, 0.2) is 47.5 Å². The maximum absolute atomic E-state index is 12.8. The number of thioether (sulfide) groups is 1. The minimum absolute atomic E-state index is 0.142. The lowest BCUT2D eigenvalue weighted by atomic mass is 10.1. The molecule has 1 aromatic carbocycles. The van der Waals surface area contributed by atoms with Crippen molar-refractivity contribution in [2.75, 3.05) is 18.2 Å². The number of nitrogens with zero attached hydrogens (tertiary/aromatic N) is 3. The van der Waals surface area contributed by atoms with Crippen molar-refractivity contribution in [1.82, 2.24) is 14.8 Å². The Morgan fingerprint density at radius 3 is 2.97 bits per heavy atom. The topological polar surface area (TPSA) is 86.1 Å². The van der Waals surface area contributed by atoms with Crippen LogP contribution < -0.4 is 5.32 Å². The first-order valence-electron chi connectivity index (χ1n) is 10.8. The van der Waals surface area contributed by atoms with Gasteiger partial charge in [-0.3, -0.25) is 9.36 Å². The summed E-state index contributed by atoms with van der Waals surface area (Å²) in [6, 6.07) is 8.19. The Hall–Kier alpha value is -2.95. The average Bonchev–Trinajstić information content (AvgIpc) is 3.61. The molecular formula is C24H22N4O3S3. The van der Waals surface area contributed by atoms with Crippen LogP contribution in [0.2, 0.25) is 0 Å². The van der Waals surface area contributed by atoms with Crippen molar-refractivity contribution in [1.29, 1.82) is 0 Å². The van der Waals surface area contributed by atoms with Gasteiger partial charge in [-0.2, -0.15) is 0 Å². The summed E-state index contributed by atoms with van der Waals surface area (Å²) in [5, 5.41) is 16.1. The number of carbonyl (C=O) groups is 2. The van der Waals surface area contributed by atoms with Crippen LogP contribution in [0, 0.1) is 0 Å². The van der Waals surface area contributed by atoms with Gasteiger partial charge in [-0.1, -0.05) is 36.0 Å². The van der Waals surface area contributed by atoms with Gasteiger partial charge < -0.3 is 10.1 Å². The molecule has 0 bridgehead atoms. The second kappa shape index (κ2) is 9.73. The SMILES string of the molecule is C=CCn1c(SCC(=O)Nc2sc3c(c2C(=O)OC)CCC3)nnc1-c1csc2ccccc12. The van der Waals surface area contributed by atoms with E-state index < -0.39 is 5.97 Å². The summed E-state index contributed by atoms with van der Waals surface area (Å²) in [4.78, 5) is 26.3. The van der Waals surface area contributed by atoms with Crippen LogP contribution in [0.5, 0.6) is 0 Å². The molecule has 3 heterocycles. The van der Waals surface area contributed by atoms with E-state index in [0.717, 1.165) is 46.5 Å². The van der Waals surface area contributed by atoms with E-state index in [4.69, 9.17) is 4.74 Å². The maximum Gasteiger partial charge on any atom is 0.341 e. The van der Waals surface area contributed by atoms with Crippen molar-refractivity contribution >= 4 is 61.4 Å². The highest BCUT2D eigenvalue weighted by atomic mass is 32.2. The highest BCUT2D eigenvalue weighted by molar-refractivity contribution is 7.99. The van der Waals surface area contributed by atoms with Gasteiger partial charge in [0.05, 0.1) is 18.4 Å². The second-order valence-corrected chi connectivity index (χ2v) is 10.7. The Labute approximate surface area is 208 Å². The number of methoxy groups -OCH3 is 1. The summed E-state index contributed by atoms with van der Waals surface area (Å²) >= 11 is 4.44. The quantitative estimate of drug-likeness (QED) is 0.194. The monoisotopic (exact) mass is 510 g/mol. The summed E-state index contributed by atoms with van der Waals surface area (Å²) < 4.78 is 8.12. The van der Waals surface area contributed by atoms with Crippen LogP contribution in [0.3, 0.4) is 0 Å². The molecule has 7 nitrogen and oxygen atoms in total. The van der Waals surface area contributed by atoms with E-state index in [1.165, 1.54) is 34.9 Å². The number of benzene rings is 1. The van der Waals surface area contributed by atoms with Gasteiger partial charge in [0, 0.05) is 32.5 Å². The molecule has 10 heteroatoms. The number of esters is 1. The lowest BCUT2D eigenvalue weighted by molar-refractivity contribution is -0.113. The van der Waals surface area contributed by atoms with E-state index >= 15 is 0 Å². The Bertz CT molecular complexity index is 1400. The van der Waals surface area contributed by atoms with Crippen molar-refractivity contribution in [2.45, 2.75) is 31.0 Å². The molecule has 0 radical (unpaired) electrons. The van der Waals surface area contributed by atoms with Gasteiger partial charge >= 0.3 is 5.97 Å². The van der Waals surface area contributed by atoms with E-state index in [0.29, 0.717) is 22.3 Å². The third-order valence-electron chi connectivity index (χ3n) is 5.65. The Balaban J connectivity index is 1.35. The van der Waals surface area contributed by atoms with E-state index in [2.05, 4.69) is 39.6 Å². The fraction of sp³-hybridized carbons (Fsp3) is 0.250. The molecule has 174 valence electrons. The van der Waals surface area contributed by atoms with Gasteiger partial charge in [-0.15, -0.1) is 39.4 Å². The first kappa shape index (κ1) is 22.8. The van der Waals surface area contributed by atoms with Gasteiger partial charge in [-0.25, -0.2) is 4.79 Å². The Morgan fingerprint density at radius 2 is 2.15 bits per heavy atom. The number of nitrogens with one attached hydrogen (secondary N) is 1. The summed E-state index contributed by atoms with van der Waals surface area (Å²) in [7, 11) is 1.36. The van der Waals surface area contributed by atoms with Crippen LogP contribution in [0.1, 0.15) is 27.2 Å². The maximum atomic E-state index is 12.8. The third kappa shape index (κ3) is 4.17. The predicted molar refractivity (Wildman–Crippen MR) is 138 cm³/mol. The zero-order valence-corrected chi connectivity index (χ0v) is 20.9. The molecule has 1 amide bonds. The number of ether oxygens (including phenoxy) is 1. The first-order chi connectivity index (χ1) is 16.6. The largest absolute Gasteiger partial charge is 0.465 e. The summed E-state index contributed by atoms with van der Waals surface area (Å²) in [6.07, 6.45) is 4.59. The normalized spacial score (nSPS) is 12.6. The highest BCUT2D eigenvalue weighted by Crippen LogP contribution is 2.40. The molecule has 0 saturated heterocycles. The van der Waals surface area contributed by atoms with Gasteiger partial charge in [0.25, 0.3) is 0 Å². The molecule has 5 rings (SSSR count). The van der Waals surface area contributed by atoms with Crippen molar-refractivity contribution in [3.05, 3.63) is 58.3 Å². The molecule has 3 aromatic heterocycles. The van der Waals surface area contributed by atoms with E-state index in [9.17, 15) is 9.59 Å². The number of amides is 1. The molecule has 34 heavy (non-hydrogen) atoms. The zero-order valence-electron chi connectivity index (χ0n) is 18.5. The Kier molecular flexibility index (Phi) is 6.53. The van der Waals surface area contributed by atoms with Gasteiger partial charge in [0.1, 0.15) is 5.00 Å². The molecule has 1 aliphatic carbocycles. The van der Waals surface area contributed by atoms with E-state index in [-0.39, 0.29) is 11.7 Å². The molecule has 0 fully saturated rings. The van der Waals surface area contributed by atoms with Crippen LogP contribution in [-0.2, 0) is 28.9 Å². The van der Waals surface area contributed by atoms with E-state index in [1.54, 1.807) is 17.4 Å². The number of fused-ring (bicyclic) bond motifs is 2. The van der Waals surface area contributed by atoms with Crippen molar-refractivity contribution in [3.8, 4) is 11.4 Å². The number of carbonyl (C=O) groups excluding carboxylic acids is 2. The molecule has 0 aliphatic heterocycles. The van der Waals surface area contributed by atoms with Crippen molar-refractivity contribution in [3.63, 3.8) is 0 Å². The fourth-order valence-electron chi connectivity index (χ4n) is 4.14. The van der Waals surface area contributed by atoms with Gasteiger partial charge in [0.15, 0.2) is 11.0 Å². The number of hydrogen-bond acceptors (Lipinski definition) is 8. The number of aromatic nitrogens is 3. The lowest BCUT2D eigenvalue weighted by Crippen LogP contribution is -2.16. The fourth-order valence-corrected chi connectivity index (χ4v) is 7.12. The molecular weight excluding hydrogens is 488 g/mol. The van der Waals surface area contributed by atoms with Gasteiger partial charge in [0.2, 0.25) is 5.91 Å². The minimum Gasteiger partial charge on any atom is -0.465 e. The summed E-state index contributed by atoms with van der Waals surface area (Å²) in [6.45, 7) is 4.39. The van der Waals surface area contributed by atoms with E-state index in [1.807, 2.05) is 16.7 Å². The molecule has 0 atom stereocenters. The number of thiophene rings is 2. The number of allylic oxidation sites excluding steroid dienone is 1. The second-order valence-electron chi connectivity index (χ2n) is 7.74. The molecule has 4 aromatic rings. The van der Waals surface area contributed by atoms with Crippen LogP contribution >= 0.6 is 34.4 Å². The molecule has 0 unspecified atom stereocenters. The highest BCUT2D eigenvalue weighted by Gasteiger charge is 2.28. The molecule has 0 saturated carbocycles.